The van der Waals surface area contributed by atoms with E-state index < -0.39 is 11.4 Å². The molecule has 20 heavy (non-hydrogen) atoms. The summed E-state index contributed by atoms with van der Waals surface area (Å²) in [4.78, 5) is 23.8. The van der Waals surface area contributed by atoms with Crippen LogP contribution in [0.2, 0.25) is 0 Å². The molecule has 1 aromatic carbocycles. The minimum absolute atomic E-state index is 0.00154. The monoisotopic (exact) mass is 270 g/mol. The average molecular weight is 270 g/mol. The van der Waals surface area contributed by atoms with Crippen molar-refractivity contribution in [3.05, 3.63) is 59.7 Å². The van der Waals surface area contributed by atoms with Gasteiger partial charge in [-0.1, -0.05) is 48.6 Å². The summed E-state index contributed by atoms with van der Waals surface area (Å²) < 4.78 is 4.86. The van der Waals surface area contributed by atoms with Crippen LogP contribution in [-0.4, -0.2) is 18.9 Å². The predicted molar refractivity (Wildman–Crippen MR) is 77.2 cm³/mol. The smallest absolute Gasteiger partial charge is 0.334 e. The van der Waals surface area contributed by atoms with Crippen molar-refractivity contribution in [3.63, 3.8) is 0 Å². The molecule has 3 nitrogen and oxygen atoms in total. The Labute approximate surface area is 118 Å². The second-order valence-electron chi connectivity index (χ2n) is 5.18. The zero-order chi connectivity index (χ0) is 14.8. The largest absolute Gasteiger partial charge is 0.466 e. The lowest BCUT2D eigenvalue weighted by Crippen LogP contribution is -2.27. The topological polar surface area (TPSA) is 43.4 Å². The molecule has 1 aromatic rings. The highest BCUT2D eigenvalue weighted by atomic mass is 16.5. The summed E-state index contributed by atoms with van der Waals surface area (Å²) in [5.41, 5.74) is 0.777. The van der Waals surface area contributed by atoms with Crippen LogP contribution in [0, 0.1) is 5.41 Å². The van der Waals surface area contributed by atoms with Crippen LogP contribution >= 0.6 is 0 Å². The Morgan fingerprint density at radius 1 is 1.20 bits per heavy atom. The zero-order valence-electron chi connectivity index (χ0n) is 11.9. The highest BCUT2D eigenvalue weighted by Gasteiger charge is 2.33. The van der Waals surface area contributed by atoms with Crippen LogP contribution in [0.4, 0.5) is 0 Å². The lowest BCUT2D eigenvalue weighted by atomic mass is 9.75. The van der Waals surface area contributed by atoms with Crippen molar-refractivity contribution in [3.8, 4) is 0 Å². The van der Waals surface area contributed by atoms with E-state index in [0.717, 1.165) is 5.56 Å². The van der Waals surface area contributed by atoms with E-state index in [1.807, 2.05) is 42.5 Å². The molecule has 3 heteroatoms. The number of rotatable bonds is 3. The Morgan fingerprint density at radius 3 is 2.40 bits per heavy atom. The Bertz CT molecular complexity index is 584. The van der Waals surface area contributed by atoms with Crippen molar-refractivity contribution in [1.29, 1.82) is 0 Å². The van der Waals surface area contributed by atoms with Gasteiger partial charge in [0, 0.05) is 11.5 Å². The molecule has 0 bridgehead atoms. The van der Waals surface area contributed by atoms with Gasteiger partial charge < -0.3 is 4.74 Å². The summed E-state index contributed by atoms with van der Waals surface area (Å²) in [6.45, 7) is 3.33. The summed E-state index contributed by atoms with van der Waals surface area (Å²) in [7, 11) is 1.36. The number of carbonyl (C=O) groups is 2. The van der Waals surface area contributed by atoms with Crippen LogP contribution in [0.25, 0.3) is 0 Å². The molecule has 0 aromatic heterocycles. The standard InChI is InChI=1S/C17H18O3/c1-12(18)17(2)10-9-14(13-7-5-4-6-8-13)15(11-17)16(19)20-3/h4-11,14H,1-3H3. The lowest BCUT2D eigenvalue weighted by Gasteiger charge is -2.28. The minimum Gasteiger partial charge on any atom is -0.466 e. The van der Waals surface area contributed by atoms with E-state index >= 15 is 0 Å². The van der Waals surface area contributed by atoms with Crippen molar-refractivity contribution in [2.24, 2.45) is 5.41 Å². The van der Waals surface area contributed by atoms with Gasteiger partial charge in [-0.15, -0.1) is 0 Å². The number of benzene rings is 1. The zero-order valence-corrected chi connectivity index (χ0v) is 11.9. The van der Waals surface area contributed by atoms with Gasteiger partial charge in [-0.25, -0.2) is 4.79 Å². The Balaban J connectivity index is 2.48. The maximum absolute atomic E-state index is 12.0. The van der Waals surface area contributed by atoms with Crippen LogP contribution in [0.1, 0.15) is 25.3 Å². The van der Waals surface area contributed by atoms with Crippen LogP contribution in [0.15, 0.2) is 54.1 Å². The molecule has 0 radical (unpaired) electrons. The molecule has 2 atom stereocenters. The van der Waals surface area contributed by atoms with Gasteiger partial charge in [0.05, 0.1) is 12.5 Å². The lowest BCUT2D eigenvalue weighted by molar-refractivity contribution is -0.136. The number of Topliss-reactive ketones (excluding diaryl/α,β-unsaturated/α-hetero) is 1. The fraction of sp³-hybridized carbons (Fsp3) is 0.294. The Hall–Kier alpha value is -2.16. The third-order valence-electron chi connectivity index (χ3n) is 3.76. The summed E-state index contributed by atoms with van der Waals surface area (Å²) in [6.07, 6.45) is 5.49. The van der Waals surface area contributed by atoms with Crippen molar-refractivity contribution >= 4 is 11.8 Å². The molecule has 0 heterocycles. The summed E-state index contributed by atoms with van der Waals surface area (Å²) in [5.74, 6) is -0.562. The molecule has 0 saturated carbocycles. The molecule has 2 rings (SSSR count). The number of carbonyl (C=O) groups excluding carboxylic acids is 2. The number of allylic oxidation sites excluding steroid dienone is 3. The maximum atomic E-state index is 12.0. The van der Waals surface area contributed by atoms with Gasteiger partial charge >= 0.3 is 5.97 Å². The van der Waals surface area contributed by atoms with Crippen LogP contribution in [0.5, 0.6) is 0 Å². The minimum atomic E-state index is -0.741. The fourth-order valence-corrected chi connectivity index (χ4v) is 2.33. The third kappa shape index (κ3) is 2.57. The average Bonchev–Trinajstić information content (AvgIpc) is 2.47. The van der Waals surface area contributed by atoms with Crippen molar-refractivity contribution in [2.45, 2.75) is 19.8 Å². The van der Waals surface area contributed by atoms with Crippen molar-refractivity contribution in [2.75, 3.05) is 7.11 Å². The van der Waals surface area contributed by atoms with Gasteiger partial charge in [-0.3, -0.25) is 4.79 Å². The van der Waals surface area contributed by atoms with Gasteiger partial charge in [-0.05, 0) is 19.4 Å². The molecule has 2 unspecified atom stereocenters. The predicted octanol–water partition coefficient (Wildman–Crippen LogP) is 3.03. The van der Waals surface area contributed by atoms with E-state index in [9.17, 15) is 9.59 Å². The number of esters is 1. The maximum Gasteiger partial charge on any atom is 0.334 e. The number of ketones is 1. The SMILES string of the molecule is COC(=O)C1=CC(C)(C(C)=O)C=CC1c1ccccc1. The number of hydrogen-bond donors (Lipinski definition) is 0. The molecule has 104 valence electrons. The second kappa shape index (κ2) is 5.45. The molecule has 1 aliphatic carbocycles. The number of methoxy groups -OCH3 is 1. The van der Waals surface area contributed by atoms with Crippen LogP contribution in [0.3, 0.4) is 0 Å². The first-order chi connectivity index (χ1) is 9.48. The van der Waals surface area contributed by atoms with E-state index in [-0.39, 0.29) is 11.7 Å². The molecule has 0 fully saturated rings. The Kier molecular flexibility index (Phi) is 3.89. The number of hydrogen-bond acceptors (Lipinski definition) is 3. The van der Waals surface area contributed by atoms with Gasteiger partial charge in [0.2, 0.25) is 0 Å². The van der Waals surface area contributed by atoms with Gasteiger partial charge in [-0.2, -0.15) is 0 Å². The van der Waals surface area contributed by atoms with Crippen molar-refractivity contribution < 1.29 is 14.3 Å². The Morgan fingerprint density at radius 2 is 1.85 bits per heavy atom. The van der Waals surface area contributed by atoms with Crippen molar-refractivity contribution in [1.82, 2.24) is 0 Å². The molecule has 0 saturated heterocycles. The molecule has 0 spiro atoms. The second-order valence-corrected chi connectivity index (χ2v) is 5.18. The molecule has 0 aliphatic heterocycles. The highest BCUT2D eigenvalue weighted by molar-refractivity contribution is 5.95. The molecular formula is C17H18O3. The first-order valence-corrected chi connectivity index (χ1v) is 6.54. The van der Waals surface area contributed by atoms with Gasteiger partial charge in [0.15, 0.2) is 0 Å². The number of ether oxygens (including phenoxy) is 1. The summed E-state index contributed by atoms with van der Waals surface area (Å²) in [5, 5.41) is 0. The van der Waals surface area contributed by atoms with Gasteiger partial charge in [0.1, 0.15) is 5.78 Å². The van der Waals surface area contributed by atoms with E-state index in [1.165, 1.54) is 14.0 Å². The molecular weight excluding hydrogens is 252 g/mol. The highest BCUT2D eigenvalue weighted by Crippen LogP contribution is 2.37. The van der Waals surface area contributed by atoms with E-state index in [4.69, 9.17) is 4.74 Å². The van der Waals surface area contributed by atoms with Crippen LogP contribution < -0.4 is 0 Å². The summed E-state index contributed by atoms with van der Waals surface area (Å²) in [6, 6.07) is 9.70. The van der Waals surface area contributed by atoms with Crippen LogP contribution in [-0.2, 0) is 14.3 Å². The molecule has 0 amide bonds. The molecule has 1 aliphatic rings. The quantitative estimate of drug-likeness (QED) is 0.626. The van der Waals surface area contributed by atoms with Gasteiger partial charge in [0.25, 0.3) is 0 Å². The summed E-state index contributed by atoms with van der Waals surface area (Å²) >= 11 is 0. The van der Waals surface area contributed by atoms with E-state index in [2.05, 4.69) is 0 Å². The third-order valence-corrected chi connectivity index (χ3v) is 3.76. The first-order valence-electron chi connectivity index (χ1n) is 6.54. The fourth-order valence-electron chi connectivity index (χ4n) is 2.33. The normalized spacial score (nSPS) is 24.9. The van der Waals surface area contributed by atoms with E-state index in [0.29, 0.717) is 5.57 Å². The first kappa shape index (κ1) is 14.3. The molecule has 0 N–H and O–H groups in total. The van der Waals surface area contributed by atoms with E-state index in [1.54, 1.807) is 13.0 Å².